The van der Waals surface area contributed by atoms with E-state index < -0.39 is 0 Å². The summed E-state index contributed by atoms with van der Waals surface area (Å²) in [6.07, 6.45) is 2.79. The minimum atomic E-state index is 0.669. The molecular weight excluding hydrogens is 230 g/mol. The van der Waals surface area contributed by atoms with E-state index in [-0.39, 0.29) is 0 Å². The van der Waals surface area contributed by atoms with Gasteiger partial charge in [0.25, 0.3) is 0 Å². The van der Waals surface area contributed by atoms with Crippen LogP contribution in [0.25, 0.3) is 10.7 Å². The second-order valence-corrected chi connectivity index (χ2v) is 5.33. The van der Waals surface area contributed by atoms with Crippen molar-refractivity contribution in [3.8, 4) is 10.7 Å². The van der Waals surface area contributed by atoms with Crippen molar-refractivity contribution >= 4 is 11.3 Å². The molecule has 2 heterocycles. The number of nitrogens with two attached hydrogens (primary N) is 1. The van der Waals surface area contributed by atoms with Crippen molar-refractivity contribution in [2.24, 2.45) is 5.73 Å². The van der Waals surface area contributed by atoms with E-state index >= 15 is 0 Å². The molecule has 4 heteroatoms. The van der Waals surface area contributed by atoms with Gasteiger partial charge in [0, 0.05) is 11.1 Å². The van der Waals surface area contributed by atoms with Gasteiger partial charge in [0.1, 0.15) is 10.7 Å². The van der Waals surface area contributed by atoms with Gasteiger partial charge in [-0.25, -0.2) is 4.98 Å². The fourth-order valence-electron chi connectivity index (χ4n) is 1.83. The van der Waals surface area contributed by atoms with Gasteiger partial charge in [-0.2, -0.15) is 0 Å². The first-order valence-electron chi connectivity index (χ1n) is 5.72. The van der Waals surface area contributed by atoms with Crippen molar-refractivity contribution in [2.75, 3.05) is 6.54 Å². The summed E-state index contributed by atoms with van der Waals surface area (Å²) in [5.41, 5.74) is 10.0. The van der Waals surface area contributed by atoms with Crippen LogP contribution in [0.3, 0.4) is 0 Å². The van der Waals surface area contributed by atoms with E-state index in [1.165, 1.54) is 16.0 Å². The van der Waals surface area contributed by atoms with Gasteiger partial charge in [-0.3, -0.25) is 4.98 Å². The van der Waals surface area contributed by atoms with Crippen molar-refractivity contribution in [1.82, 2.24) is 9.97 Å². The Morgan fingerprint density at radius 1 is 1.29 bits per heavy atom. The maximum atomic E-state index is 5.59. The Labute approximate surface area is 106 Å². The maximum Gasteiger partial charge on any atom is 0.142 e. The first-order chi connectivity index (χ1) is 8.11. The molecule has 0 fully saturated rings. The smallest absolute Gasteiger partial charge is 0.142 e. The van der Waals surface area contributed by atoms with E-state index in [1.807, 2.05) is 13.1 Å². The highest BCUT2D eigenvalue weighted by Gasteiger charge is 2.11. The number of nitrogens with zero attached hydrogens (tertiary/aromatic N) is 2. The van der Waals surface area contributed by atoms with E-state index in [9.17, 15) is 0 Å². The summed E-state index contributed by atoms with van der Waals surface area (Å²) in [7, 11) is 0. The number of aryl methyl sites for hydroxylation is 3. The number of thiazole rings is 1. The quantitative estimate of drug-likeness (QED) is 0.907. The fourth-order valence-corrected chi connectivity index (χ4v) is 2.97. The minimum absolute atomic E-state index is 0.669. The average Bonchev–Trinajstić information content (AvgIpc) is 2.60. The molecule has 2 aromatic heterocycles. The second-order valence-electron chi connectivity index (χ2n) is 4.24. The van der Waals surface area contributed by atoms with E-state index in [0.29, 0.717) is 6.54 Å². The van der Waals surface area contributed by atoms with Crippen LogP contribution in [-0.4, -0.2) is 16.5 Å². The lowest BCUT2D eigenvalue weighted by Crippen LogP contribution is -2.01. The summed E-state index contributed by atoms with van der Waals surface area (Å²) < 4.78 is 0. The molecule has 0 saturated heterocycles. The Kier molecular flexibility index (Phi) is 3.54. The third-order valence-electron chi connectivity index (χ3n) is 2.68. The zero-order valence-electron chi connectivity index (χ0n) is 10.4. The Hall–Kier alpha value is -1.26. The summed E-state index contributed by atoms with van der Waals surface area (Å²) in [5, 5.41) is 1.00. The molecule has 3 nitrogen and oxygen atoms in total. The summed E-state index contributed by atoms with van der Waals surface area (Å²) in [4.78, 5) is 10.3. The second kappa shape index (κ2) is 4.94. The van der Waals surface area contributed by atoms with Gasteiger partial charge in [-0.1, -0.05) is 6.07 Å². The van der Waals surface area contributed by atoms with Crippen molar-refractivity contribution in [1.29, 1.82) is 0 Å². The van der Waals surface area contributed by atoms with Crippen LogP contribution in [0, 0.1) is 20.8 Å². The van der Waals surface area contributed by atoms with Crippen molar-refractivity contribution < 1.29 is 0 Å². The maximum absolute atomic E-state index is 5.59. The topological polar surface area (TPSA) is 51.8 Å². The van der Waals surface area contributed by atoms with Crippen molar-refractivity contribution in [3.05, 3.63) is 34.0 Å². The van der Waals surface area contributed by atoms with Crippen LogP contribution >= 0.6 is 11.3 Å². The summed E-state index contributed by atoms with van der Waals surface area (Å²) in [6.45, 7) is 6.84. The SMILES string of the molecule is Cc1cnc(-c2nc(C)c(CCN)s2)c(C)c1. The van der Waals surface area contributed by atoms with E-state index in [4.69, 9.17) is 5.73 Å². The molecule has 17 heavy (non-hydrogen) atoms. The van der Waals surface area contributed by atoms with Crippen molar-refractivity contribution in [3.63, 3.8) is 0 Å². The van der Waals surface area contributed by atoms with Crippen LogP contribution in [0.2, 0.25) is 0 Å². The zero-order valence-corrected chi connectivity index (χ0v) is 11.3. The molecule has 0 saturated carbocycles. The monoisotopic (exact) mass is 247 g/mol. The molecule has 0 spiro atoms. The highest BCUT2D eigenvalue weighted by Crippen LogP contribution is 2.28. The summed E-state index contributed by atoms with van der Waals surface area (Å²) in [6, 6.07) is 2.14. The molecule has 0 aliphatic carbocycles. The predicted octanol–water partition coefficient (Wildman–Crippen LogP) is 2.63. The number of rotatable bonds is 3. The normalized spacial score (nSPS) is 10.8. The van der Waals surface area contributed by atoms with Gasteiger partial charge in [0.15, 0.2) is 0 Å². The van der Waals surface area contributed by atoms with Gasteiger partial charge in [-0.15, -0.1) is 11.3 Å². The van der Waals surface area contributed by atoms with Crippen LogP contribution in [-0.2, 0) is 6.42 Å². The lowest BCUT2D eigenvalue weighted by molar-refractivity contribution is 0.970. The minimum Gasteiger partial charge on any atom is -0.330 e. The number of hydrogen-bond donors (Lipinski definition) is 1. The number of pyridine rings is 1. The highest BCUT2D eigenvalue weighted by atomic mass is 32.1. The Morgan fingerprint density at radius 3 is 2.71 bits per heavy atom. The third-order valence-corrected chi connectivity index (χ3v) is 3.91. The fraction of sp³-hybridized carbons (Fsp3) is 0.385. The average molecular weight is 247 g/mol. The molecule has 0 unspecified atom stereocenters. The molecule has 2 rings (SSSR count). The van der Waals surface area contributed by atoms with Crippen LogP contribution < -0.4 is 5.73 Å². The van der Waals surface area contributed by atoms with Crippen LogP contribution in [0.1, 0.15) is 21.7 Å². The lowest BCUT2D eigenvalue weighted by atomic mass is 10.2. The third kappa shape index (κ3) is 2.53. The molecule has 2 aromatic rings. The molecule has 2 N–H and O–H groups in total. The van der Waals surface area contributed by atoms with Gasteiger partial charge < -0.3 is 5.73 Å². The van der Waals surface area contributed by atoms with Crippen LogP contribution in [0.15, 0.2) is 12.3 Å². The molecule has 0 radical (unpaired) electrons. The Morgan fingerprint density at radius 2 is 2.06 bits per heavy atom. The van der Waals surface area contributed by atoms with E-state index in [1.54, 1.807) is 11.3 Å². The van der Waals surface area contributed by atoms with Crippen molar-refractivity contribution in [2.45, 2.75) is 27.2 Å². The molecule has 0 aliphatic rings. The van der Waals surface area contributed by atoms with Gasteiger partial charge >= 0.3 is 0 Å². The summed E-state index contributed by atoms with van der Waals surface area (Å²) in [5.74, 6) is 0. The van der Waals surface area contributed by atoms with Crippen LogP contribution in [0.4, 0.5) is 0 Å². The van der Waals surface area contributed by atoms with Crippen LogP contribution in [0.5, 0.6) is 0 Å². The van der Waals surface area contributed by atoms with Gasteiger partial charge in [0.05, 0.1) is 5.69 Å². The standard InChI is InChI=1S/C13H17N3S/c1-8-6-9(2)12(15-7-8)13-16-10(3)11(17-13)4-5-14/h6-7H,4-5,14H2,1-3H3. The molecule has 0 aliphatic heterocycles. The van der Waals surface area contributed by atoms with Gasteiger partial charge in [-0.05, 0) is 44.9 Å². The zero-order chi connectivity index (χ0) is 12.4. The molecule has 90 valence electrons. The number of aromatic nitrogens is 2. The molecule has 0 atom stereocenters. The first-order valence-corrected chi connectivity index (χ1v) is 6.53. The first kappa shape index (κ1) is 12.2. The highest BCUT2D eigenvalue weighted by molar-refractivity contribution is 7.15. The lowest BCUT2D eigenvalue weighted by Gasteiger charge is -2.01. The van der Waals surface area contributed by atoms with E-state index in [2.05, 4.69) is 29.9 Å². The molecule has 0 bridgehead atoms. The van der Waals surface area contributed by atoms with Gasteiger partial charge in [0.2, 0.25) is 0 Å². The Bertz CT molecular complexity index is 531. The number of hydrogen-bond acceptors (Lipinski definition) is 4. The Balaban J connectivity index is 2.42. The molecule has 0 amide bonds. The molecular formula is C13H17N3S. The summed E-state index contributed by atoms with van der Waals surface area (Å²) >= 11 is 1.70. The molecule has 0 aromatic carbocycles. The van der Waals surface area contributed by atoms with E-state index in [0.717, 1.165) is 22.8 Å². The predicted molar refractivity (Wildman–Crippen MR) is 72.3 cm³/mol. The largest absolute Gasteiger partial charge is 0.330 e.